The predicted molar refractivity (Wildman–Crippen MR) is 51.0 cm³/mol. The Hall–Kier alpha value is -1.10. The molecule has 0 aromatic carbocycles. The van der Waals surface area contributed by atoms with Gasteiger partial charge in [0.2, 0.25) is 5.91 Å². The van der Waals surface area contributed by atoms with Crippen molar-refractivity contribution < 1.29 is 19.4 Å². The van der Waals surface area contributed by atoms with E-state index in [1.807, 2.05) is 6.92 Å². The minimum Gasteiger partial charge on any atom is -0.480 e. The van der Waals surface area contributed by atoms with Crippen molar-refractivity contribution in [1.82, 2.24) is 5.32 Å². The van der Waals surface area contributed by atoms with E-state index >= 15 is 0 Å². The van der Waals surface area contributed by atoms with Gasteiger partial charge < -0.3 is 15.2 Å². The van der Waals surface area contributed by atoms with Gasteiger partial charge in [0, 0.05) is 6.61 Å². The molecule has 5 nitrogen and oxygen atoms in total. The monoisotopic (exact) mass is 203 g/mol. The number of hydrogen-bond donors (Lipinski definition) is 2. The van der Waals surface area contributed by atoms with E-state index in [9.17, 15) is 9.59 Å². The molecule has 0 aliphatic rings. The van der Waals surface area contributed by atoms with Gasteiger partial charge in [-0.3, -0.25) is 9.59 Å². The van der Waals surface area contributed by atoms with Crippen molar-refractivity contribution in [3.8, 4) is 0 Å². The molecule has 0 bridgehead atoms. The minimum atomic E-state index is -1.05. The molecule has 0 saturated heterocycles. The first-order chi connectivity index (χ1) is 6.57. The van der Waals surface area contributed by atoms with Crippen LogP contribution in [0.5, 0.6) is 0 Å². The lowest BCUT2D eigenvalue weighted by molar-refractivity contribution is -0.142. The summed E-state index contributed by atoms with van der Waals surface area (Å²) in [7, 11) is 0. The van der Waals surface area contributed by atoms with Gasteiger partial charge in [0.05, 0.1) is 0 Å². The molecule has 0 aromatic rings. The van der Waals surface area contributed by atoms with Gasteiger partial charge in [0.1, 0.15) is 12.6 Å². The topological polar surface area (TPSA) is 75.6 Å². The third-order valence-corrected chi connectivity index (χ3v) is 1.62. The summed E-state index contributed by atoms with van der Waals surface area (Å²) in [4.78, 5) is 21.4. The zero-order valence-corrected chi connectivity index (χ0v) is 8.58. The molecule has 0 heterocycles. The SMILES string of the molecule is CCCCOCC(=O)N[C@H](C)C(=O)O. The molecule has 1 amide bonds. The maximum absolute atomic E-state index is 11.0. The fraction of sp³-hybridized carbons (Fsp3) is 0.778. The maximum Gasteiger partial charge on any atom is 0.325 e. The average Bonchev–Trinajstić information content (AvgIpc) is 2.12. The molecule has 0 fully saturated rings. The summed E-state index contributed by atoms with van der Waals surface area (Å²) in [5, 5.41) is 10.8. The van der Waals surface area contributed by atoms with E-state index < -0.39 is 17.9 Å². The molecule has 0 radical (unpaired) electrons. The summed E-state index contributed by atoms with van der Waals surface area (Å²) in [5.41, 5.74) is 0. The second-order valence-corrected chi connectivity index (χ2v) is 3.03. The zero-order valence-electron chi connectivity index (χ0n) is 8.58. The zero-order chi connectivity index (χ0) is 11.0. The van der Waals surface area contributed by atoms with Crippen molar-refractivity contribution in [1.29, 1.82) is 0 Å². The predicted octanol–water partition coefficient (Wildman–Crippen LogP) is 0.392. The quantitative estimate of drug-likeness (QED) is 0.587. The van der Waals surface area contributed by atoms with E-state index in [0.717, 1.165) is 12.8 Å². The summed E-state index contributed by atoms with van der Waals surface area (Å²) >= 11 is 0. The molecule has 82 valence electrons. The highest BCUT2D eigenvalue weighted by atomic mass is 16.5. The molecule has 0 aliphatic heterocycles. The van der Waals surface area contributed by atoms with E-state index in [1.165, 1.54) is 6.92 Å². The number of ether oxygens (including phenoxy) is 1. The summed E-state index contributed by atoms with van der Waals surface area (Å²) in [6, 6.07) is -0.864. The molecular formula is C9H17NO4. The van der Waals surface area contributed by atoms with Gasteiger partial charge in [-0.05, 0) is 13.3 Å². The Morgan fingerprint density at radius 2 is 2.14 bits per heavy atom. The number of carbonyl (C=O) groups is 2. The lowest BCUT2D eigenvalue weighted by Gasteiger charge is -2.09. The molecular weight excluding hydrogens is 186 g/mol. The lowest BCUT2D eigenvalue weighted by Crippen LogP contribution is -2.40. The number of aliphatic carboxylic acids is 1. The highest BCUT2D eigenvalue weighted by molar-refractivity contribution is 5.83. The highest BCUT2D eigenvalue weighted by Gasteiger charge is 2.13. The van der Waals surface area contributed by atoms with Gasteiger partial charge in [0.25, 0.3) is 0 Å². The van der Waals surface area contributed by atoms with E-state index in [2.05, 4.69) is 5.32 Å². The van der Waals surface area contributed by atoms with Crippen molar-refractivity contribution in [2.75, 3.05) is 13.2 Å². The van der Waals surface area contributed by atoms with Gasteiger partial charge >= 0.3 is 5.97 Å². The van der Waals surface area contributed by atoms with Crippen LogP contribution in [0.3, 0.4) is 0 Å². The van der Waals surface area contributed by atoms with Crippen molar-refractivity contribution in [3.63, 3.8) is 0 Å². The van der Waals surface area contributed by atoms with Crippen LogP contribution in [0.1, 0.15) is 26.7 Å². The van der Waals surface area contributed by atoms with Crippen LogP contribution in [0.4, 0.5) is 0 Å². The van der Waals surface area contributed by atoms with Crippen molar-refractivity contribution in [3.05, 3.63) is 0 Å². The van der Waals surface area contributed by atoms with E-state index in [4.69, 9.17) is 9.84 Å². The van der Waals surface area contributed by atoms with Crippen LogP contribution in [0.2, 0.25) is 0 Å². The lowest BCUT2D eigenvalue weighted by atomic mass is 10.3. The third kappa shape index (κ3) is 6.42. The van der Waals surface area contributed by atoms with Crippen molar-refractivity contribution in [2.24, 2.45) is 0 Å². The molecule has 1 atom stereocenters. The molecule has 0 rings (SSSR count). The minimum absolute atomic E-state index is 0.0718. The number of nitrogens with one attached hydrogen (secondary N) is 1. The molecule has 0 aromatic heterocycles. The van der Waals surface area contributed by atoms with Crippen LogP contribution in [0.25, 0.3) is 0 Å². The van der Waals surface area contributed by atoms with Gasteiger partial charge in [0.15, 0.2) is 0 Å². The maximum atomic E-state index is 11.0. The molecule has 0 unspecified atom stereocenters. The van der Waals surface area contributed by atoms with Crippen LogP contribution in [0.15, 0.2) is 0 Å². The van der Waals surface area contributed by atoms with Crippen LogP contribution < -0.4 is 5.32 Å². The first kappa shape index (κ1) is 12.9. The van der Waals surface area contributed by atoms with Crippen LogP contribution in [-0.4, -0.2) is 36.2 Å². The number of unbranched alkanes of at least 4 members (excludes halogenated alkanes) is 1. The number of carboxylic acids is 1. The number of rotatable bonds is 7. The van der Waals surface area contributed by atoms with Crippen LogP contribution in [-0.2, 0) is 14.3 Å². The van der Waals surface area contributed by atoms with Crippen LogP contribution >= 0.6 is 0 Å². The van der Waals surface area contributed by atoms with Crippen LogP contribution in [0, 0.1) is 0 Å². The molecule has 0 aliphatic carbocycles. The third-order valence-electron chi connectivity index (χ3n) is 1.62. The number of carboxylic acid groups (broad SMARTS) is 1. The normalized spacial score (nSPS) is 12.1. The Bertz CT molecular complexity index is 193. The van der Waals surface area contributed by atoms with E-state index in [0.29, 0.717) is 6.61 Å². The summed E-state index contributed by atoms with van der Waals surface area (Å²) in [5.74, 6) is -1.44. The fourth-order valence-electron chi connectivity index (χ4n) is 0.756. The summed E-state index contributed by atoms with van der Waals surface area (Å²) in [6.45, 7) is 3.89. The highest BCUT2D eigenvalue weighted by Crippen LogP contribution is 1.88. The molecule has 5 heteroatoms. The summed E-state index contributed by atoms with van der Waals surface area (Å²) in [6.07, 6.45) is 1.91. The first-order valence-corrected chi connectivity index (χ1v) is 4.67. The Labute approximate surface area is 83.4 Å². The van der Waals surface area contributed by atoms with Gasteiger partial charge in [-0.1, -0.05) is 13.3 Å². The van der Waals surface area contributed by atoms with Crippen molar-refractivity contribution >= 4 is 11.9 Å². The second-order valence-electron chi connectivity index (χ2n) is 3.03. The largest absolute Gasteiger partial charge is 0.480 e. The second kappa shape index (κ2) is 7.32. The Balaban J connectivity index is 3.50. The smallest absolute Gasteiger partial charge is 0.325 e. The Morgan fingerprint density at radius 1 is 1.50 bits per heavy atom. The molecule has 14 heavy (non-hydrogen) atoms. The average molecular weight is 203 g/mol. The van der Waals surface area contributed by atoms with E-state index in [-0.39, 0.29) is 6.61 Å². The molecule has 2 N–H and O–H groups in total. The van der Waals surface area contributed by atoms with E-state index in [1.54, 1.807) is 0 Å². The number of amides is 1. The molecule has 0 spiro atoms. The Kier molecular flexibility index (Phi) is 6.74. The van der Waals surface area contributed by atoms with Crippen molar-refractivity contribution in [2.45, 2.75) is 32.7 Å². The fourth-order valence-corrected chi connectivity index (χ4v) is 0.756. The first-order valence-electron chi connectivity index (χ1n) is 4.67. The summed E-state index contributed by atoms with van der Waals surface area (Å²) < 4.78 is 5.01. The number of hydrogen-bond acceptors (Lipinski definition) is 3. The molecule has 0 saturated carbocycles. The van der Waals surface area contributed by atoms with Gasteiger partial charge in [-0.2, -0.15) is 0 Å². The number of carbonyl (C=O) groups excluding carboxylic acids is 1. The Morgan fingerprint density at radius 3 is 2.64 bits per heavy atom. The van der Waals surface area contributed by atoms with Gasteiger partial charge in [-0.15, -0.1) is 0 Å². The van der Waals surface area contributed by atoms with Gasteiger partial charge in [-0.25, -0.2) is 0 Å². The standard InChI is InChI=1S/C9H17NO4/c1-3-4-5-14-6-8(11)10-7(2)9(12)13/h7H,3-6H2,1-2H3,(H,10,11)(H,12,13)/t7-/m1/s1.